The minimum Gasteiger partial charge on any atom is -0.481 e. The van der Waals surface area contributed by atoms with Gasteiger partial charge < -0.3 is 10.2 Å². The van der Waals surface area contributed by atoms with Crippen molar-refractivity contribution in [2.24, 2.45) is 0 Å². The molecule has 202 valence electrons. The maximum absolute atomic E-state index is 12.7. The third-order valence-electron chi connectivity index (χ3n) is 6.16. The SMILES string of the molecule is O=C(O)CCCCCNS(=O)(=O)c1ccc2c(c1)Cc1cc(S(=O)(=O)NCCCCCC(=O)O)ccc1-2. The Labute approximate surface area is 217 Å². The highest BCUT2D eigenvalue weighted by atomic mass is 32.2. The fourth-order valence-electron chi connectivity index (χ4n) is 4.23. The molecular formula is C25H32N2O8S2. The third kappa shape index (κ3) is 8.09. The van der Waals surface area contributed by atoms with Crippen LogP contribution < -0.4 is 9.44 Å². The van der Waals surface area contributed by atoms with E-state index >= 15 is 0 Å². The molecule has 12 heteroatoms. The van der Waals surface area contributed by atoms with Crippen molar-refractivity contribution in [1.29, 1.82) is 0 Å². The second-order valence-corrected chi connectivity index (χ2v) is 12.6. The van der Waals surface area contributed by atoms with Crippen molar-refractivity contribution >= 4 is 32.0 Å². The van der Waals surface area contributed by atoms with E-state index < -0.39 is 32.0 Å². The summed E-state index contributed by atoms with van der Waals surface area (Å²) in [5.41, 5.74) is 3.30. The van der Waals surface area contributed by atoms with Crippen molar-refractivity contribution in [3.63, 3.8) is 0 Å². The number of fused-ring (bicyclic) bond motifs is 3. The highest BCUT2D eigenvalue weighted by Gasteiger charge is 2.24. The van der Waals surface area contributed by atoms with Crippen LogP contribution in [0.15, 0.2) is 46.2 Å². The van der Waals surface area contributed by atoms with Crippen LogP contribution in [-0.4, -0.2) is 52.1 Å². The Hall–Kier alpha value is -2.80. The largest absolute Gasteiger partial charge is 0.481 e. The Bertz CT molecular complexity index is 1250. The number of carboxylic acid groups (broad SMARTS) is 2. The van der Waals surface area contributed by atoms with Crippen LogP contribution in [0.5, 0.6) is 0 Å². The zero-order valence-corrected chi connectivity index (χ0v) is 22.0. The van der Waals surface area contributed by atoms with E-state index in [0.717, 1.165) is 22.3 Å². The van der Waals surface area contributed by atoms with E-state index in [1.807, 2.05) is 0 Å². The zero-order valence-electron chi connectivity index (χ0n) is 20.4. The fraction of sp³-hybridized carbons (Fsp3) is 0.440. The van der Waals surface area contributed by atoms with Gasteiger partial charge in [-0.15, -0.1) is 0 Å². The first-order valence-corrected chi connectivity index (χ1v) is 15.2. The Kier molecular flexibility index (Phi) is 9.82. The molecule has 0 amide bonds. The van der Waals surface area contributed by atoms with E-state index in [-0.39, 0.29) is 35.7 Å². The van der Waals surface area contributed by atoms with Crippen LogP contribution in [0.4, 0.5) is 0 Å². The molecule has 0 aromatic heterocycles. The quantitative estimate of drug-likeness (QED) is 0.197. The highest BCUT2D eigenvalue weighted by Crippen LogP contribution is 2.38. The summed E-state index contributed by atoms with van der Waals surface area (Å²) >= 11 is 0. The normalized spacial score (nSPS) is 12.8. The Morgan fingerprint density at radius 2 is 1.05 bits per heavy atom. The minimum atomic E-state index is -3.73. The molecule has 0 radical (unpaired) electrons. The number of sulfonamides is 2. The van der Waals surface area contributed by atoms with Gasteiger partial charge in [0.15, 0.2) is 0 Å². The molecule has 0 bridgehead atoms. The van der Waals surface area contributed by atoms with Crippen molar-refractivity contribution < 1.29 is 36.6 Å². The number of carbonyl (C=O) groups is 2. The van der Waals surface area contributed by atoms with Gasteiger partial charge >= 0.3 is 11.9 Å². The molecule has 1 aliphatic carbocycles. The van der Waals surface area contributed by atoms with E-state index in [9.17, 15) is 26.4 Å². The van der Waals surface area contributed by atoms with Gasteiger partial charge in [0.25, 0.3) is 0 Å². The second-order valence-electron chi connectivity index (χ2n) is 9.02. The molecule has 4 N–H and O–H groups in total. The maximum atomic E-state index is 12.7. The van der Waals surface area contributed by atoms with Crippen LogP contribution >= 0.6 is 0 Å². The highest BCUT2D eigenvalue weighted by molar-refractivity contribution is 7.89. The van der Waals surface area contributed by atoms with Crippen molar-refractivity contribution in [2.45, 2.75) is 67.6 Å². The molecule has 3 rings (SSSR count). The second kappa shape index (κ2) is 12.6. The number of unbranched alkanes of at least 4 members (excludes halogenated alkanes) is 4. The fourth-order valence-corrected chi connectivity index (χ4v) is 6.48. The molecule has 0 unspecified atom stereocenters. The molecule has 37 heavy (non-hydrogen) atoms. The first-order chi connectivity index (χ1) is 17.5. The number of benzene rings is 2. The monoisotopic (exact) mass is 552 g/mol. The molecular weight excluding hydrogens is 520 g/mol. The van der Waals surface area contributed by atoms with Gasteiger partial charge in [-0.3, -0.25) is 9.59 Å². The molecule has 0 saturated heterocycles. The summed E-state index contributed by atoms with van der Waals surface area (Å²) in [6.45, 7) is 0.431. The smallest absolute Gasteiger partial charge is 0.303 e. The van der Waals surface area contributed by atoms with E-state index in [1.54, 1.807) is 24.3 Å². The van der Waals surface area contributed by atoms with Crippen molar-refractivity contribution in [3.05, 3.63) is 47.5 Å². The predicted octanol–water partition coefficient (Wildman–Crippen LogP) is 3.10. The summed E-state index contributed by atoms with van der Waals surface area (Å²) < 4.78 is 55.9. The first-order valence-electron chi connectivity index (χ1n) is 12.2. The molecule has 0 aliphatic heterocycles. The van der Waals surface area contributed by atoms with Gasteiger partial charge in [-0.2, -0.15) is 0 Å². The van der Waals surface area contributed by atoms with Crippen molar-refractivity contribution in [1.82, 2.24) is 9.44 Å². The Balaban J connectivity index is 1.60. The van der Waals surface area contributed by atoms with Crippen LogP contribution in [0.1, 0.15) is 62.5 Å². The summed E-state index contributed by atoms with van der Waals surface area (Å²) in [7, 11) is -7.46. The molecule has 0 saturated carbocycles. The maximum Gasteiger partial charge on any atom is 0.303 e. The van der Waals surface area contributed by atoms with E-state index in [1.165, 1.54) is 12.1 Å². The lowest BCUT2D eigenvalue weighted by atomic mass is 10.1. The van der Waals surface area contributed by atoms with Gasteiger partial charge in [-0.25, -0.2) is 26.3 Å². The van der Waals surface area contributed by atoms with Gasteiger partial charge in [-0.1, -0.05) is 25.0 Å². The average Bonchev–Trinajstić information content (AvgIpc) is 3.20. The van der Waals surface area contributed by atoms with Gasteiger partial charge in [0.1, 0.15) is 0 Å². The van der Waals surface area contributed by atoms with Crippen molar-refractivity contribution in [3.8, 4) is 11.1 Å². The Morgan fingerprint density at radius 3 is 1.43 bits per heavy atom. The summed E-state index contributed by atoms with van der Waals surface area (Å²) in [5.74, 6) is -1.74. The summed E-state index contributed by atoms with van der Waals surface area (Å²) in [5, 5.41) is 17.3. The molecule has 0 heterocycles. The standard InChI is InChI=1S/C25H32N2O8S2/c28-24(29)7-3-1-5-13-26-36(32,33)20-9-11-22-18(16-20)15-19-17-21(10-12-23(19)22)37(34,35)27-14-6-2-4-8-25(30)31/h9-12,16-17,26-27H,1-8,13-15H2,(H,28,29)(H,30,31). The third-order valence-corrected chi connectivity index (χ3v) is 9.08. The molecule has 1 aliphatic rings. The van der Waals surface area contributed by atoms with Gasteiger partial charge in [0.05, 0.1) is 9.79 Å². The summed E-state index contributed by atoms with van der Waals surface area (Å²) in [4.78, 5) is 21.4. The summed E-state index contributed by atoms with van der Waals surface area (Å²) in [6.07, 6.45) is 3.81. The Morgan fingerprint density at radius 1 is 0.649 bits per heavy atom. The van der Waals surface area contributed by atoms with Crippen LogP contribution in [0, 0.1) is 0 Å². The molecule has 2 aromatic rings. The summed E-state index contributed by atoms with van der Waals surface area (Å²) in [6, 6.07) is 9.71. The van der Waals surface area contributed by atoms with Crippen molar-refractivity contribution in [2.75, 3.05) is 13.1 Å². The van der Waals surface area contributed by atoms with Crippen LogP contribution in [0.2, 0.25) is 0 Å². The molecule has 0 atom stereocenters. The number of nitrogens with one attached hydrogen (secondary N) is 2. The number of carboxylic acids is 2. The zero-order chi connectivity index (χ0) is 27.1. The lowest BCUT2D eigenvalue weighted by Gasteiger charge is -2.09. The predicted molar refractivity (Wildman–Crippen MR) is 137 cm³/mol. The van der Waals surface area contributed by atoms with Gasteiger partial charge in [0, 0.05) is 25.9 Å². The van der Waals surface area contributed by atoms with Gasteiger partial charge in [-0.05, 0) is 78.6 Å². The number of rotatable bonds is 16. The molecule has 0 fully saturated rings. The molecule has 0 spiro atoms. The average molecular weight is 553 g/mol. The number of hydrogen-bond donors (Lipinski definition) is 4. The van der Waals surface area contributed by atoms with Crippen LogP contribution in [-0.2, 0) is 36.1 Å². The topological polar surface area (TPSA) is 167 Å². The van der Waals surface area contributed by atoms with E-state index in [0.29, 0.717) is 44.9 Å². The van der Waals surface area contributed by atoms with Crippen LogP contribution in [0.25, 0.3) is 11.1 Å². The molecule has 10 nitrogen and oxygen atoms in total. The van der Waals surface area contributed by atoms with E-state index in [2.05, 4.69) is 9.44 Å². The lowest BCUT2D eigenvalue weighted by molar-refractivity contribution is -0.138. The van der Waals surface area contributed by atoms with Crippen LogP contribution in [0.3, 0.4) is 0 Å². The minimum absolute atomic E-state index is 0.0613. The number of hydrogen-bond acceptors (Lipinski definition) is 6. The number of aliphatic carboxylic acids is 2. The first kappa shape index (κ1) is 28.8. The van der Waals surface area contributed by atoms with Gasteiger partial charge in [0.2, 0.25) is 20.0 Å². The van der Waals surface area contributed by atoms with E-state index in [4.69, 9.17) is 10.2 Å². The lowest BCUT2D eigenvalue weighted by Crippen LogP contribution is -2.25. The molecule has 2 aromatic carbocycles.